The quantitative estimate of drug-likeness (QED) is 0.681. The van der Waals surface area contributed by atoms with Crippen LogP contribution in [0.1, 0.15) is 52.9 Å². The van der Waals surface area contributed by atoms with Crippen LogP contribution >= 0.6 is 0 Å². The average Bonchev–Trinajstić information content (AvgIpc) is 2.70. The molecule has 1 fully saturated rings. The van der Waals surface area contributed by atoms with Gasteiger partial charge in [0.05, 0.1) is 18.6 Å². The van der Waals surface area contributed by atoms with E-state index in [0.717, 1.165) is 12.8 Å². The first-order valence-corrected chi connectivity index (χ1v) is 5.71. The lowest BCUT2D eigenvalue weighted by atomic mass is 9.89. The number of rotatable bonds is 1. The van der Waals surface area contributed by atoms with E-state index in [9.17, 15) is 4.79 Å². The predicted octanol–water partition coefficient (Wildman–Crippen LogP) is 3.22. The standard InChI is InChI=1S/C7H11NO.C6H9N/c1-7(2,3)6(9)4-5-8;7-5-6-3-1-2-4-6/h4H2,1-3H3;6H,1-4H2. The molecule has 1 aliphatic rings. The number of carbonyl (C=O) groups excluding carboxylic acids is 1. The van der Waals surface area contributed by atoms with Crippen molar-refractivity contribution in [3.05, 3.63) is 0 Å². The topological polar surface area (TPSA) is 64.7 Å². The van der Waals surface area contributed by atoms with Gasteiger partial charge in [-0.25, -0.2) is 0 Å². The fourth-order valence-electron chi connectivity index (χ4n) is 1.39. The second-order valence-corrected chi connectivity index (χ2v) is 5.12. The van der Waals surface area contributed by atoms with Gasteiger partial charge in [-0.05, 0) is 12.8 Å². The molecule has 0 spiro atoms. The van der Waals surface area contributed by atoms with Crippen molar-refractivity contribution >= 4 is 5.78 Å². The molecule has 1 rings (SSSR count). The summed E-state index contributed by atoms with van der Waals surface area (Å²) in [6.45, 7) is 5.44. The lowest BCUT2D eigenvalue weighted by Crippen LogP contribution is -2.18. The monoisotopic (exact) mass is 220 g/mol. The number of Topliss-reactive ketones (excluding diaryl/α,β-unsaturated/α-hetero) is 1. The van der Waals surface area contributed by atoms with Crippen molar-refractivity contribution in [2.75, 3.05) is 0 Å². The van der Waals surface area contributed by atoms with E-state index < -0.39 is 0 Å². The zero-order valence-electron chi connectivity index (χ0n) is 10.4. The molecule has 3 nitrogen and oxygen atoms in total. The van der Waals surface area contributed by atoms with Crippen LogP contribution < -0.4 is 0 Å². The lowest BCUT2D eigenvalue weighted by molar-refractivity contribution is -0.125. The summed E-state index contributed by atoms with van der Waals surface area (Å²) in [4.78, 5) is 10.8. The zero-order chi connectivity index (χ0) is 12.6. The first kappa shape index (κ1) is 14.6. The molecule has 1 aliphatic carbocycles. The summed E-state index contributed by atoms with van der Waals surface area (Å²) < 4.78 is 0. The molecule has 16 heavy (non-hydrogen) atoms. The molecule has 3 heteroatoms. The van der Waals surface area contributed by atoms with Gasteiger partial charge in [-0.2, -0.15) is 10.5 Å². The molecule has 0 N–H and O–H groups in total. The Morgan fingerprint density at radius 1 is 1.25 bits per heavy atom. The number of nitriles is 2. The third kappa shape index (κ3) is 6.19. The van der Waals surface area contributed by atoms with Crippen molar-refractivity contribution in [2.24, 2.45) is 11.3 Å². The van der Waals surface area contributed by atoms with Crippen molar-refractivity contribution in [3.8, 4) is 12.1 Å². The van der Waals surface area contributed by atoms with E-state index in [1.807, 2.05) is 26.8 Å². The summed E-state index contributed by atoms with van der Waals surface area (Å²) >= 11 is 0. The molecule has 0 saturated heterocycles. The van der Waals surface area contributed by atoms with Gasteiger partial charge in [0.1, 0.15) is 0 Å². The highest BCUT2D eigenvalue weighted by atomic mass is 16.1. The van der Waals surface area contributed by atoms with Crippen LogP contribution in [0.4, 0.5) is 0 Å². The van der Waals surface area contributed by atoms with Gasteiger partial charge in [0.25, 0.3) is 0 Å². The minimum absolute atomic E-state index is 0.00463. The molecule has 0 unspecified atom stereocenters. The van der Waals surface area contributed by atoms with Crippen LogP contribution in [0.3, 0.4) is 0 Å². The predicted molar refractivity (Wildman–Crippen MR) is 62.3 cm³/mol. The van der Waals surface area contributed by atoms with Crippen LogP contribution in [0.2, 0.25) is 0 Å². The van der Waals surface area contributed by atoms with E-state index in [0.29, 0.717) is 5.92 Å². The van der Waals surface area contributed by atoms with E-state index in [2.05, 4.69) is 6.07 Å². The van der Waals surface area contributed by atoms with E-state index in [1.54, 1.807) is 0 Å². The number of nitrogens with zero attached hydrogens (tertiary/aromatic N) is 2. The summed E-state index contributed by atoms with van der Waals surface area (Å²) in [5.41, 5.74) is -0.351. The highest BCUT2D eigenvalue weighted by Gasteiger charge is 2.19. The molecule has 0 amide bonds. The third-order valence-electron chi connectivity index (χ3n) is 2.61. The summed E-state index contributed by atoms with van der Waals surface area (Å²) in [5.74, 6) is 0.407. The minimum Gasteiger partial charge on any atom is -0.298 e. The summed E-state index contributed by atoms with van der Waals surface area (Å²) in [5, 5.41) is 16.4. The van der Waals surface area contributed by atoms with E-state index >= 15 is 0 Å². The van der Waals surface area contributed by atoms with Gasteiger partial charge in [-0.3, -0.25) is 4.79 Å². The number of hydrogen-bond acceptors (Lipinski definition) is 3. The van der Waals surface area contributed by atoms with Crippen LogP contribution in [0.5, 0.6) is 0 Å². The summed E-state index contributed by atoms with van der Waals surface area (Å²) in [6.07, 6.45) is 4.88. The van der Waals surface area contributed by atoms with Gasteiger partial charge < -0.3 is 0 Å². The molecule has 88 valence electrons. The maximum Gasteiger partial charge on any atom is 0.152 e. The maximum atomic E-state index is 10.8. The Bertz CT molecular complexity index is 295. The van der Waals surface area contributed by atoms with Crippen molar-refractivity contribution in [3.63, 3.8) is 0 Å². The van der Waals surface area contributed by atoms with Gasteiger partial charge in [-0.1, -0.05) is 33.6 Å². The maximum absolute atomic E-state index is 10.8. The van der Waals surface area contributed by atoms with Crippen LogP contribution in [-0.4, -0.2) is 5.78 Å². The largest absolute Gasteiger partial charge is 0.298 e. The van der Waals surface area contributed by atoms with Gasteiger partial charge >= 0.3 is 0 Å². The Balaban J connectivity index is 0.000000288. The van der Waals surface area contributed by atoms with Gasteiger partial charge in [0.2, 0.25) is 0 Å². The van der Waals surface area contributed by atoms with Crippen molar-refractivity contribution in [2.45, 2.75) is 52.9 Å². The van der Waals surface area contributed by atoms with E-state index in [4.69, 9.17) is 10.5 Å². The Hall–Kier alpha value is -1.35. The normalized spacial score (nSPS) is 15.6. The molecular weight excluding hydrogens is 200 g/mol. The fraction of sp³-hybridized carbons (Fsp3) is 0.769. The molecule has 0 bridgehead atoms. The van der Waals surface area contributed by atoms with Crippen molar-refractivity contribution in [1.29, 1.82) is 10.5 Å². The second-order valence-electron chi connectivity index (χ2n) is 5.12. The molecule has 0 aromatic rings. The Morgan fingerprint density at radius 2 is 1.75 bits per heavy atom. The molecule has 0 aromatic heterocycles. The minimum atomic E-state index is -0.351. The van der Waals surface area contributed by atoms with Gasteiger partial charge in [0.15, 0.2) is 5.78 Å². The molecular formula is C13H20N2O. The molecule has 0 atom stereocenters. The van der Waals surface area contributed by atoms with Crippen molar-refractivity contribution < 1.29 is 4.79 Å². The summed E-state index contributed by atoms with van der Waals surface area (Å²) in [6, 6.07) is 4.09. The van der Waals surface area contributed by atoms with E-state index in [1.165, 1.54) is 12.8 Å². The Kier molecular flexibility index (Phi) is 6.42. The molecule has 1 saturated carbocycles. The first-order chi connectivity index (χ1) is 7.41. The zero-order valence-corrected chi connectivity index (χ0v) is 10.4. The fourth-order valence-corrected chi connectivity index (χ4v) is 1.39. The van der Waals surface area contributed by atoms with E-state index in [-0.39, 0.29) is 17.6 Å². The number of hydrogen-bond donors (Lipinski definition) is 0. The molecule has 0 aliphatic heterocycles. The summed E-state index contributed by atoms with van der Waals surface area (Å²) in [7, 11) is 0. The molecule has 0 radical (unpaired) electrons. The average molecular weight is 220 g/mol. The van der Waals surface area contributed by atoms with Crippen LogP contribution in [-0.2, 0) is 4.79 Å². The van der Waals surface area contributed by atoms with Gasteiger partial charge in [-0.15, -0.1) is 0 Å². The molecule has 0 heterocycles. The van der Waals surface area contributed by atoms with Crippen LogP contribution in [0, 0.1) is 34.0 Å². The van der Waals surface area contributed by atoms with Crippen molar-refractivity contribution in [1.82, 2.24) is 0 Å². The second kappa shape index (κ2) is 7.01. The number of carbonyl (C=O) groups is 1. The van der Waals surface area contributed by atoms with Gasteiger partial charge in [0, 0.05) is 11.3 Å². The van der Waals surface area contributed by atoms with Crippen LogP contribution in [0.25, 0.3) is 0 Å². The highest BCUT2D eigenvalue weighted by Crippen LogP contribution is 2.23. The third-order valence-corrected chi connectivity index (χ3v) is 2.61. The molecule has 0 aromatic carbocycles. The lowest BCUT2D eigenvalue weighted by Gasteiger charge is -2.13. The Morgan fingerprint density at radius 3 is 1.94 bits per heavy atom. The highest BCUT2D eigenvalue weighted by molar-refractivity contribution is 5.85. The SMILES string of the molecule is CC(C)(C)C(=O)CC#N.N#CC1CCCC1. The first-order valence-electron chi connectivity index (χ1n) is 5.71. The Labute approximate surface area is 98.1 Å². The number of ketones is 1. The smallest absolute Gasteiger partial charge is 0.152 e. The van der Waals surface area contributed by atoms with Crippen LogP contribution in [0.15, 0.2) is 0 Å².